The zero-order valence-electron chi connectivity index (χ0n) is 10.0. The first kappa shape index (κ1) is 14.2. The molecule has 1 heterocycles. The summed E-state index contributed by atoms with van der Waals surface area (Å²) in [6.07, 6.45) is 2.73. The summed E-state index contributed by atoms with van der Waals surface area (Å²) in [5.74, 6) is -1.94. The fourth-order valence-corrected chi connectivity index (χ4v) is 1.87. The zero-order valence-corrected chi connectivity index (χ0v) is 11.6. The monoisotopic (exact) mass is 341 g/mol. The van der Waals surface area contributed by atoms with E-state index in [1.165, 1.54) is 35.3 Å². The lowest BCUT2D eigenvalue weighted by Gasteiger charge is -2.03. The molecule has 0 aliphatic carbocycles. The summed E-state index contributed by atoms with van der Waals surface area (Å²) in [5, 5.41) is 14.9. The summed E-state index contributed by atoms with van der Waals surface area (Å²) in [7, 11) is 0. The molecular weight excluding hydrogens is 333 g/mol. The molecule has 0 saturated carbocycles. The van der Waals surface area contributed by atoms with Crippen molar-refractivity contribution in [3.05, 3.63) is 46.4 Å². The molecule has 0 radical (unpaired) electrons. The van der Waals surface area contributed by atoms with Gasteiger partial charge in [-0.3, -0.25) is 14.3 Å². The molecule has 2 rings (SSSR count). The maximum Gasteiger partial charge on any atom is 0.325 e. The van der Waals surface area contributed by atoms with Crippen molar-refractivity contribution in [2.45, 2.75) is 6.54 Å². The molecule has 0 atom stereocenters. The quantitative estimate of drug-likeness (QED) is 0.892. The molecule has 0 spiro atoms. The van der Waals surface area contributed by atoms with Gasteiger partial charge in [0.1, 0.15) is 12.4 Å². The lowest BCUT2D eigenvalue weighted by atomic mass is 10.2. The highest BCUT2D eigenvalue weighted by molar-refractivity contribution is 9.10. The molecule has 20 heavy (non-hydrogen) atoms. The molecule has 1 amide bonds. The Morgan fingerprint density at radius 3 is 2.85 bits per heavy atom. The average molecular weight is 342 g/mol. The van der Waals surface area contributed by atoms with Gasteiger partial charge >= 0.3 is 5.97 Å². The minimum atomic E-state index is -1.03. The predicted octanol–water partition coefficient (Wildman–Crippen LogP) is 2.12. The first-order valence-electron chi connectivity index (χ1n) is 5.46. The van der Waals surface area contributed by atoms with Gasteiger partial charge in [0.15, 0.2) is 0 Å². The van der Waals surface area contributed by atoms with E-state index in [4.69, 9.17) is 5.11 Å². The van der Waals surface area contributed by atoms with Gasteiger partial charge in [0, 0.05) is 11.8 Å². The highest BCUT2D eigenvalue weighted by Gasteiger charge is 2.10. The topological polar surface area (TPSA) is 84.2 Å². The van der Waals surface area contributed by atoms with Crippen LogP contribution in [0.25, 0.3) is 0 Å². The largest absolute Gasteiger partial charge is 0.480 e. The molecule has 0 saturated heterocycles. The van der Waals surface area contributed by atoms with Gasteiger partial charge in [-0.05, 0) is 34.1 Å². The van der Waals surface area contributed by atoms with Crippen LogP contribution in [0.15, 0.2) is 35.1 Å². The van der Waals surface area contributed by atoms with E-state index in [1.807, 2.05) is 0 Å². The summed E-state index contributed by atoms with van der Waals surface area (Å²) in [6, 6.07) is 3.87. The smallest absolute Gasteiger partial charge is 0.325 e. The van der Waals surface area contributed by atoms with Crippen LogP contribution in [0.1, 0.15) is 10.4 Å². The molecule has 0 bridgehead atoms. The Bertz CT molecular complexity index is 672. The molecule has 1 aromatic carbocycles. The maximum atomic E-state index is 13.1. The van der Waals surface area contributed by atoms with Crippen LogP contribution in [0.4, 0.5) is 10.1 Å². The second kappa shape index (κ2) is 5.83. The van der Waals surface area contributed by atoms with E-state index in [-0.39, 0.29) is 16.6 Å². The van der Waals surface area contributed by atoms with Gasteiger partial charge < -0.3 is 10.4 Å². The Hall–Kier alpha value is -2.22. The predicted molar refractivity (Wildman–Crippen MR) is 71.9 cm³/mol. The molecule has 1 aromatic heterocycles. The number of hydrogen-bond acceptors (Lipinski definition) is 3. The van der Waals surface area contributed by atoms with E-state index in [0.717, 1.165) is 0 Å². The number of rotatable bonds is 4. The molecule has 0 aliphatic rings. The molecule has 2 N–H and O–H groups in total. The number of halogens is 2. The first-order valence-corrected chi connectivity index (χ1v) is 6.25. The Morgan fingerprint density at radius 1 is 1.45 bits per heavy atom. The van der Waals surface area contributed by atoms with Crippen LogP contribution in [0, 0.1) is 5.82 Å². The van der Waals surface area contributed by atoms with E-state index < -0.39 is 17.7 Å². The number of carbonyl (C=O) groups excluding carboxylic acids is 1. The van der Waals surface area contributed by atoms with Gasteiger partial charge in [-0.1, -0.05) is 0 Å². The van der Waals surface area contributed by atoms with Gasteiger partial charge in [-0.25, -0.2) is 4.39 Å². The van der Waals surface area contributed by atoms with Gasteiger partial charge in [-0.15, -0.1) is 0 Å². The molecular formula is C12H9BrFN3O3. The number of aromatic nitrogens is 2. The lowest BCUT2D eigenvalue weighted by Crippen LogP contribution is -2.12. The number of hydrogen-bond donors (Lipinski definition) is 2. The van der Waals surface area contributed by atoms with Crippen molar-refractivity contribution >= 4 is 33.5 Å². The minimum absolute atomic E-state index is 0.187. The van der Waals surface area contributed by atoms with Crippen molar-refractivity contribution in [1.29, 1.82) is 0 Å². The average Bonchev–Trinajstić information content (AvgIpc) is 2.79. The van der Waals surface area contributed by atoms with Gasteiger partial charge in [0.05, 0.1) is 16.4 Å². The highest BCUT2D eigenvalue weighted by Crippen LogP contribution is 2.17. The van der Waals surface area contributed by atoms with Gasteiger partial charge in [-0.2, -0.15) is 5.10 Å². The SMILES string of the molecule is O=C(O)Cn1cc(NC(=O)c2ccc(F)c(Br)c2)cn1. The van der Waals surface area contributed by atoms with E-state index in [1.54, 1.807) is 0 Å². The number of carboxylic acid groups (broad SMARTS) is 1. The molecule has 0 aliphatic heterocycles. The third-order valence-electron chi connectivity index (χ3n) is 2.37. The van der Waals surface area contributed by atoms with Crippen molar-refractivity contribution in [3.63, 3.8) is 0 Å². The van der Waals surface area contributed by atoms with E-state index in [9.17, 15) is 14.0 Å². The van der Waals surface area contributed by atoms with Crippen LogP contribution in [0.5, 0.6) is 0 Å². The second-order valence-corrected chi connectivity index (χ2v) is 4.76. The Morgan fingerprint density at radius 2 is 2.20 bits per heavy atom. The van der Waals surface area contributed by atoms with Crippen LogP contribution in [0.3, 0.4) is 0 Å². The zero-order chi connectivity index (χ0) is 14.7. The summed E-state index contributed by atoms with van der Waals surface area (Å²) in [5.41, 5.74) is 0.626. The maximum absolute atomic E-state index is 13.1. The minimum Gasteiger partial charge on any atom is -0.480 e. The molecule has 2 aromatic rings. The molecule has 104 valence electrons. The molecule has 6 nitrogen and oxygen atoms in total. The first-order chi connectivity index (χ1) is 9.45. The lowest BCUT2D eigenvalue weighted by molar-refractivity contribution is -0.137. The van der Waals surface area contributed by atoms with Crippen LogP contribution in [0.2, 0.25) is 0 Å². The summed E-state index contributed by atoms with van der Waals surface area (Å²) >= 11 is 2.99. The van der Waals surface area contributed by atoms with Crippen LogP contribution < -0.4 is 5.32 Å². The van der Waals surface area contributed by atoms with Crippen molar-refractivity contribution in [3.8, 4) is 0 Å². The van der Waals surface area contributed by atoms with Crippen molar-refractivity contribution in [2.24, 2.45) is 0 Å². The molecule has 8 heteroatoms. The van der Waals surface area contributed by atoms with Crippen LogP contribution >= 0.6 is 15.9 Å². The number of amides is 1. The van der Waals surface area contributed by atoms with E-state index >= 15 is 0 Å². The molecule has 0 unspecified atom stereocenters. The Kier molecular flexibility index (Phi) is 4.14. The number of carboxylic acids is 1. The van der Waals surface area contributed by atoms with Crippen LogP contribution in [-0.2, 0) is 11.3 Å². The molecule has 0 fully saturated rings. The van der Waals surface area contributed by atoms with E-state index in [2.05, 4.69) is 26.3 Å². The summed E-state index contributed by atoms with van der Waals surface area (Å²) in [6.45, 7) is -0.294. The normalized spacial score (nSPS) is 10.3. The Labute approximate surface area is 121 Å². The standard InChI is InChI=1S/C12H9BrFN3O3/c13-9-3-7(1-2-10(9)14)12(20)16-8-4-15-17(5-8)6-11(18)19/h1-5H,6H2,(H,16,20)(H,18,19). The highest BCUT2D eigenvalue weighted by atomic mass is 79.9. The summed E-state index contributed by atoms with van der Waals surface area (Å²) < 4.78 is 14.4. The number of nitrogens with one attached hydrogen (secondary N) is 1. The second-order valence-electron chi connectivity index (χ2n) is 3.90. The number of nitrogens with zero attached hydrogens (tertiary/aromatic N) is 2. The van der Waals surface area contributed by atoms with Crippen molar-refractivity contribution in [1.82, 2.24) is 9.78 Å². The number of carbonyl (C=O) groups is 2. The number of anilines is 1. The van der Waals surface area contributed by atoms with Gasteiger partial charge in [0.25, 0.3) is 5.91 Å². The van der Waals surface area contributed by atoms with Crippen molar-refractivity contribution < 1.29 is 19.1 Å². The summed E-state index contributed by atoms with van der Waals surface area (Å²) in [4.78, 5) is 22.4. The number of aliphatic carboxylic acids is 1. The fourth-order valence-electron chi connectivity index (χ4n) is 1.49. The fraction of sp³-hybridized carbons (Fsp3) is 0.0833. The third-order valence-corrected chi connectivity index (χ3v) is 2.98. The van der Waals surface area contributed by atoms with Crippen molar-refractivity contribution in [2.75, 3.05) is 5.32 Å². The van der Waals surface area contributed by atoms with Crippen LogP contribution in [-0.4, -0.2) is 26.8 Å². The third kappa shape index (κ3) is 3.41. The number of benzene rings is 1. The Balaban J connectivity index is 2.09. The van der Waals surface area contributed by atoms with E-state index in [0.29, 0.717) is 5.69 Å². The van der Waals surface area contributed by atoms with Gasteiger partial charge in [0.2, 0.25) is 0 Å².